The summed E-state index contributed by atoms with van der Waals surface area (Å²) in [4.78, 5) is 13.5. The molecule has 0 saturated carbocycles. The molecule has 0 spiro atoms. The van der Waals surface area contributed by atoms with E-state index in [-0.39, 0.29) is 23.5 Å². The Morgan fingerprint density at radius 3 is 3.14 bits per heavy atom. The zero-order valence-corrected chi connectivity index (χ0v) is 8.86. The molecule has 0 aromatic heterocycles. The molecule has 1 atom stereocenters. The van der Waals surface area contributed by atoms with E-state index in [2.05, 4.69) is 0 Å². The van der Waals surface area contributed by atoms with Gasteiger partial charge in [0.25, 0.3) is 0 Å². The van der Waals surface area contributed by atoms with Crippen LogP contribution in [-0.2, 0) is 4.79 Å². The van der Waals surface area contributed by atoms with Crippen LogP contribution in [0.2, 0.25) is 0 Å². The molecule has 1 amide bonds. The first kappa shape index (κ1) is 10.0. The third kappa shape index (κ3) is 2.11. The van der Waals surface area contributed by atoms with Gasteiger partial charge in [0.2, 0.25) is 5.91 Å². The fourth-order valence-corrected chi connectivity index (χ4v) is 3.11. The van der Waals surface area contributed by atoms with Gasteiger partial charge in [-0.1, -0.05) is 0 Å². The zero-order chi connectivity index (χ0) is 9.97. The fourth-order valence-electron chi connectivity index (χ4n) is 1.87. The summed E-state index contributed by atoms with van der Waals surface area (Å²) in [5.41, 5.74) is 0. The minimum absolute atomic E-state index is 0.0981. The van der Waals surface area contributed by atoms with E-state index in [9.17, 15) is 9.18 Å². The molecule has 2 nitrogen and oxygen atoms in total. The quantitative estimate of drug-likeness (QED) is 0.666. The summed E-state index contributed by atoms with van der Waals surface area (Å²) in [7, 11) is 0. The van der Waals surface area contributed by atoms with Crippen molar-refractivity contribution in [3.8, 4) is 0 Å². The number of hydrogen-bond acceptors (Lipinski definition) is 2. The molecule has 4 heteroatoms. The molecule has 0 aromatic carbocycles. The van der Waals surface area contributed by atoms with Crippen LogP contribution in [0, 0.1) is 0 Å². The average Bonchev–Trinajstić information content (AvgIpc) is 2.69. The Morgan fingerprint density at radius 2 is 2.50 bits per heavy atom. The van der Waals surface area contributed by atoms with Crippen LogP contribution in [0.3, 0.4) is 0 Å². The highest BCUT2D eigenvalue weighted by atomic mass is 32.2. The van der Waals surface area contributed by atoms with Gasteiger partial charge >= 0.3 is 0 Å². The topological polar surface area (TPSA) is 20.3 Å². The fraction of sp³-hybridized carbons (Fsp3) is 0.700. The van der Waals surface area contributed by atoms with E-state index in [1.165, 1.54) is 0 Å². The number of halogens is 1. The van der Waals surface area contributed by atoms with Gasteiger partial charge in [-0.2, -0.15) is 0 Å². The van der Waals surface area contributed by atoms with Crippen LogP contribution in [0.5, 0.6) is 0 Å². The summed E-state index contributed by atoms with van der Waals surface area (Å²) >= 11 is 1.71. The number of hydrogen-bond donors (Lipinski definition) is 0. The molecule has 2 aliphatic heterocycles. The number of nitrogens with zero attached hydrogens (tertiary/aromatic N) is 1. The molecule has 78 valence electrons. The second kappa shape index (κ2) is 4.34. The van der Waals surface area contributed by atoms with Crippen molar-refractivity contribution in [2.75, 3.05) is 18.8 Å². The number of rotatable bonds is 1. The molecule has 1 fully saturated rings. The molecule has 2 rings (SSSR count). The maximum absolute atomic E-state index is 12.9. The van der Waals surface area contributed by atoms with Crippen molar-refractivity contribution >= 4 is 17.7 Å². The van der Waals surface area contributed by atoms with E-state index in [1.54, 1.807) is 22.7 Å². The smallest absolute Gasteiger partial charge is 0.236 e. The summed E-state index contributed by atoms with van der Waals surface area (Å²) in [6.45, 7) is 0.874. The van der Waals surface area contributed by atoms with Crippen LogP contribution in [0.1, 0.15) is 19.3 Å². The van der Waals surface area contributed by atoms with Crippen LogP contribution in [0.25, 0.3) is 0 Å². The molecule has 0 aliphatic carbocycles. The zero-order valence-electron chi connectivity index (χ0n) is 8.04. The number of amides is 1. The molecule has 1 saturated heterocycles. The summed E-state index contributed by atoms with van der Waals surface area (Å²) in [5, 5.41) is 0.0981. The standard InChI is InChI=1S/C10H14FNOS/c11-8-3-1-5-12(7-8)10(13)9-4-2-6-14-9/h3,9H,1-2,4-7H2. The first-order chi connectivity index (χ1) is 6.77. The van der Waals surface area contributed by atoms with Crippen molar-refractivity contribution in [1.82, 2.24) is 4.90 Å². The third-order valence-corrected chi connectivity index (χ3v) is 3.99. The van der Waals surface area contributed by atoms with Crippen molar-refractivity contribution in [1.29, 1.82) is 0 Å². The molecule has 14 heavy (non-hydrogen) atoms. The molecule has 2 heterocycles. The Kier molecular flexibility index (Phi) is 3.11. The average molecular weight is 215 g/mol. The Labute approximate surface area is 87.5 Å². The van der Waals surface area contributed by atoms with Crippen LogP contribution in [-0.4, -0.2) is 34.9 Å². The van der Waals surface area contributed by atoms with Crippen molar-refractivity contribution in [2.24, 2.45) is 0 Å². The SMILES string of the molecule is O=C(C1CCCS1)N1CCC=C(F)C1. The van der Waals surface area contributed by atoms with Crippen molar-refractivity contribution in [3.63, 3.8) is 0 Å². The van der Waals surface area contributed by atoms with Gasteiger partial charge in [-0.05, 0) is 31.1 Å². The molecular formula is C10H14FNOS. The normalized spacial score (nSPS) is 27.6. The highest BCUT2D eigenvalue weighted by Crippen LogP contribution is 2.28. The largest absolute Gasteiger partial charge is 0.335 e. The van der Waals surface area contributed by atoms with E-state index in [0.29, 0.717) is 13.0 Å². The summed E-state index contributed by atoms with van der Waals surface area (Å²) in [6, 6.07) is 0. The number of carbonyl (C=O) groups excluding carboxylic acids is 1. The minimum atomic E-state index is -0.160. The molecule has 1 unspecified atom stereocenters. The second-order valence-electron chi connectivity index (χ2n) is 3.70. The molecule has 0 bridgehead atoms. The Morgan fingerprint density at radius 1 is 1.64 bits per heavy atom. The minimum Gasteiger partial charge on any atom is -0.335 e. The Balaban J connectivity index is 1.94. The maximum Gasteiger partial charge on any atom is 0.236 e. The lowest BCUT2D eigenvalue weighted by atomic mass is 10.2. The van der Waals surface area contributed by atoms with Crippen molar-refractivity contribution in [2.45, 2.75) is 24.5 Å². The first-order valence-corrected chi connectivity index (χ1v) is 6.07. The lowest BCUT2D eigenvalue weighted by Crippen LogP contribution is -2.39. The van der Waals surface area contributed by atoms with Crippen LogP contribution >= 0.6 is 11.8 Å². The van der Waals surface area contributed by atoms with Crippen LogP contribution < -0.4 is 0 Å². The van der Waals surface area contributed by atoms with Gasteiger partial charge in [-0.15, -0.1) is 11.8 Å². The Bertz CT molecular complexity index is 261. The van der Waals surface area contributed by atoms with Gasteiger partial charge < -0.3 is 4.90 Å². The molecule has 2 aliphatic rings. The van der Waals surface area contributed by atoms with Gasteiger partial charge in [0.05, 0.1) is 11.8 Å². The van der Waals surface area contributed by atoms with Gasteiger partial charge in [0.1, 0.15) is 5.83 Å². The second-order valence-corrected chi connectivity index (χ2v) is 5.01. The highest BCUT2D eigenvalue weighted by Gasteiger charge is 2.28. The van der Waals surface area contributed by atoms with Gasteiger partial charge in [-0.25, -0.2) is 4.39 Å². The molecule has 0 aromatic rings. The van der Waals surface area contributed by atoms with Gasteiger partial charge in [0.15, 0.2) is 0 Å². The predicted molar refractivity (Wildman–Crippen MR) is 55.9 cm³/mol. The monoisotopic (exact) mass is 215 g/mol. The highest BCUT2D eigenvalue weighted by molar-refractivity contribution is 8.00. The van der Waals surface area contributed by atoms with E-state index < -0.39 is 0 Å². The molecule has 0 N–H and O–H groups in total. The van der Waals surface area contributed by atoms with E-state index in [1.807, 2.05) is 0 Å². The van der Waals surface area contributed by atoms with Gasteiger partial charge in [-0.3, -0.25) is 4.79 Å². The summed E-state index contributed by atoms with van der Waals surface area (Å²) in [5.74, 6) is 1.05. The predicted octanol–water partition coefficient (Wildman–Crippen LogP) is 1.97. The van der Waals surface area contributed by atoms with E-state index >= 15 is 0 Å². The Hall–Kier alpha value is -0.510. The maximum atomic E-state index is 12.9. The van der Waals surface area contributed by atoms with Crippen molar-refractivity contribution < 1.29 is 9.18 Å². The van der Waals surface area contributed by atoms with E-state index in [0.717, 1.165) is 18.6 Å². The van der Waals surface area contributed by atoms with E-state index in [4.69, 9.17) is 0 Å². The van der Waals surface area contributed by atoms with Crippen LogP contribution in [0.4, 0.5) is 4.39 Å². The summed E-state index contributed by atoms with van der Waals surface area (Å²) in [6.07, 6.45) is 4.32. The first-order valence-electron chi connectivity index (χ1n) is 5.02. The number of carbonyl (C=O) groups is 1. The molecule has 0 radical (unpaired) electrons. The lowest BCUT2D eigenvalue weighted by Gasteiger charge is -2.26. The van der Waals surface area contributed by atoms with Crippen LogP contribution in [0.15, 0.2) is 11.9 Å². The number of thioether (sulfide) groups is 1. The van der Waals surface area contributed by atoms with Crippen molar-refractivity contribution in [3.05, 3.63) is 11.9 Å². The molecular weight excluding hydrogens is 201 g/mol. The summed E-state index contributed by atoms with van der Waals surface area (Å²) < 4.78 is 12.9. The third-order valence-electron chi connectivity index (χ3n) is 2.62. The van der Waals surface area contributed by atoms with Gasteiger partial charge in [0, 0.05) is 6.54 Å². The lowest BCUT2D eigenvalue weighted by molar-refractivity contribution is -0.130.